The molecule has 1 aliphatic carbocycles. The summed E-state index contributed by atoms with van der Waals surface area (Å²) in [5.41, 5.74) is 6.46. The van der Waals surface area contributed by atoms with E-state index in [9.17, 15) is 4.79 Å². The van der Waals surface area contributed by atoms with E-state index in [4.69, 9.17) is 5.73 Å². The summed E-state index contributed by atoms with van der Waals surface area (Å²) < 4.78 is 0. The van der Waals surface area contributed by atoms with Gasteiger partial charge in [0.1, 0.15) is 12.1 Å². The van der Waals surface area contributed by atoms with E-state index < -0.39 is 0 Å². The quantitative estimate of drug-likeness (QED) is 0.761. The van der Waals surface area contributed by atoms with Crippen LogP contribution in [0.2, 0.25) is 0 Å². The lowest BCUT2D eigenvalue weighted by Gasteiger charge is -2.27. The minimum absolute atomic E-state index is 0.401. The molecule has 4 heteroatoms. The minimum Gasteiger partial charge on any atom is -0.349 e. The molecule has 2 aliphatic rings. The van der Waals surface area contributed by atoms with E-state index in [2.05, 4.69) is 9.88 Å². The Kier molecular flexibility index (Phi) is 2.17. The zero-order chi connectivity index (χ0) is 11.1. The van der Waals surface area contributed by atoms with Crippen molar-refractivity contribution in [2.45, 2.75) is 24.9 Å². The second-order valence-electron chi connectivity index (χ2n) is 4.66. The van der Waals surface area contributed by atoms with E-state index in [1.165, 1.54) is 12.8 Å². The van der Waals surface area contributed by atoms with Gasteiger partial charge in [-0.15, -0.1) is 0 Å². The fraction of sp³-hybridized carbons (Fsp3) is 0.500. The van der Waals surface area contributed by atoms with Crippen molar-refractivity contribution < 1.29 is 4.79 Å². The van der Waals surface area contributed by atoms with Crippen molar-refractivity contribution in [1.29, 1.82) is 0 Å². The summed E-state index contributed by atoms with van der Waals surface area (Å²) in [6, 6.07) is 4.60. The Morgan fingerprint density at radius 2 is 2.44 bits per heavy atom. The number of pyridine rings is 1. The number of nitrogens with zero attached hydrogens (tertiary/aromatic N) is 2. The summed E-state index contributed by atoms with van der Waals surface area (Å²) in [6.45, 7) is 0.667. The molecule has 1 saturated heterocycles. The van der Waals surface area contributed by atoms with Gasteiger partial charge in [-0.1, -0.05) is 0 Å². The van der Waals surface area contributed by atoms with E-state index in [1.807, 2.05) is 6.07 Å². The van der Waals surface area contributed by atoms with Gasteiger partial charge >= 0.3 is 0 Å². The number of piperidine rings is 1. The van der Waals surface area contributed by atoms with Crippen LogP contribution in [0.1, 0.15) is 23.2 Å². The summed E-state index contributed by atoms with van der Waals surface area (Å²) in [4.78, 5) is 17.4. The molecule has 3 atom stereocenters. The Balaban J connectivity index is 1.92. The van der Waals surface area contributed by atoms with Gasteiger partial charge in [0, 0.05) is 30.4 Å². The predicted molar refractivity (Wildman–Crippen MR) is 61.5 cm³/mol. The van der Waals surface area contributed by atoms with Gasteiger partial charge in [-0.05, 0) is 30.9 Å². The second kappa shape index (κ2) is 3.56. The van der Waals surface area contributed by atoms with E-state index >= 15 is 0 Å². The Morgan fingerprint density at radius 3 is 3.19 bits per heavy atom. The molecule has 0 bridgehead atoms. The lowest BCUT2D eigenvalue weighted by atomic mass is 10.1. The molecule has 1 aromatic rings. The van der Waals surface area contributed by atoms with Crippen molar-refractivity contribution in [3.8, 4) is 0 Å². The largest absolute Gasteiger partial charge is 0.349 e. The molecule has 1 aliphatic heterocycles. The zero-order valence-electron chi connectivity index (χ0n) is 9.04. The van der Waals surface area contributed by atoms with Crippen LogP contribution in [-0.4, -0.2) is 29.9 Å². The van der Waals surface area contributed by atoms with Gasteiger partial charge in [-0.25, -0.2) is 4.98 Å². The fourth-order valence-electron chi connectivity index (χ4n) is 2.77. The van der Waals surface area contributed by atoms with Gasteiger partial charge in [-0.2, -0.15) is 0 Å². The number of rotatable bonds is 3. The standard InChI is InChI=1S/C12H15N3O/c13-6-10-4-9-5-11(9)15(10)12-3-8(7-16)1-2-14-12/h1-3,7,9-11H,4-6,13H2. The molecule has 2 N–H and O–H groups in total. The van der Waals surface area contributed by atoms with Crippen molar-refractivity contribution in [3.05, 3.63) is 23.9 Å². The summed E-state index contributed by atoms with van der Waals surface area (Å²) in [7, 11) is 0. The number of carbonyl (C=O) groups excluding carboxylic acids is 1. The molecule has 4 nitrogen and oxygen atoms in total. The molecule has 0 spiro atoms. The first-order valence-corrected chi connectivity index (χ1v) is 5.73. The highest BCUT2D eigenvalue weighted by Crippen LogP contribution is 2.48. The van der Waals surface area contributed by atoms with Crippen molar-refractivity contribution in [1.82, 2.24) is 4.98 Å². The molecular formula is C12H15N3O. The van der Waals surface area contributed by atoms with Crippen LogP contribution in [0, 0.1) is 5.92 Å². The molecule has 0 radical (unpaired) electrons. The van der Waals surface area contributed by atoms with Crippen LogP contribution in [0.25, 0.3) is 0 Å². The van der Waals surface area contributed by atoms with Crippen LogP contribution >= 0.6 is 0 Å². The highest BCUT2D eigenvalue weighted by atomic mass is 16.1. The van der Waals surface area contributed by atoms with Crippen molar-refractivity contribution in [2.24, 2.45) is 11.7 Å². The Labute approximate surface area is 94.5 Å². The van der Waals surface area contributed by atoms with Gasteiger partial charge in [0.25, 0.3) is 0 Å². The van der Waals surface area contributed by atoms with Crippen LogP contribution in [0.15, 0.2) is 18.3 Å². The predicted octanol–water partition coefficient (Wildman–Crippen LogP) is 0.820. The van der Waals surface area contributed by atoms with Crippen LogP contribution in [0.5, 0.6) is 0 Å². The monoisotopic (exact) mass is 217 g/mol. The zero-order valence-corrected chi connectivity index (χ0v) is 9.04. The summed E-state index contributed by atoms with van der Waals surface area (Å²) in [6.07, 6.45) is 4.99. The number of aromatic nitrogens is 1. The first-order valence-electron chi connectivity index (χ1n) is 5.73. The maximum absolute atomic E-state index is 10.7. The Hall–Kier alpha value is -1.42. The number of carbonyl (C=O) groups is 1. The molecule has 3 rings (SSSR count). The van der Waals surface area contributed by atoms with Gasteiger partial charge in [0.2, 0.25) is 0 Å². The topological polar surface area (TPSA) is 59.2 Å². The van der Waals surface area contributed by atoms with E-state index in [-0.39, 0.29) is 0 Å². The van der Waals surface area contributed by atoms with Gasteiger partial charge in [0.15, 0.2) is 0 Å². The number of hydrogen-bond acceptors (Lipinski definition) is 4. The molecule has 1 saturated carbocycles. The molecule has 16 heavy (non-hydrogen) atoms. The maximum Gasteiger partial charge on any atom is 0.150 e. The van der Waals surface area contributed by atoms with Gasteiger partial charge in [-0.3, -0.25) is 4.79 Å². The first-order chi connectivity index (χ1) is 7.83. The lowest BCUT2D eigenvalue weighted by Crippen LogP contribution is -2.38. The summed E-state index contributed by atoms with van der Waals surface area (Å²) in [5.74, 6) is 1.71. The summed E-state index contributed by atoms with van der Waals surface area (Å²) in [5, 5.41) is 0. The molecular weight excluding hydrogens is 202 g/mol. The smallest absolute Gasteiger partial charge is 0.150 e. The fourth-order valence-corrected chi connectivity index (χ4v) is 2.77. The number of fused-ring (bicyclic) bond motifs is 1. The van der Waals surface area contributed by atoms with Gasteiger partial charge < -0.3 is 10.6 Å². The van der Waals surface area contributed by atoms with E-state index in [0.717, 1.165) is 18.0 Å². The maximum atomic E-state index is 10.7. The molecule has 84 valence electrons. The highest BCUT2D eigenvalue weighted by Gasteiger charge is 2.51. The van der Waals surface area contributed by atoms with Crippen LogP contribution in [0.4, 0.5) is 5.82 Å². The Morgan fingerprint density at radius 1 is 1.56 bits per heavy atom. The van der Waals surface area contributed by atoms with E-state index in [0.29, 0.717) is 24.2 Å². The molecule has 1 aromatic heterocycles. The first kappa shape index (κ1) is 9.78. The Bertz CT molecular complexity index is 420. The second-order valence-corrected chi connectivity index (χ2v) is 4.66. The number of anilines is 1. The molecule has 2 fully saturated rings. The van der Waals surface area contributed by atoms with Gasteiger partial charge in [0.05, 0.1) is 0 Å². The normalized spacial score (nSPS) is 31.3. The number of hydrogen-bond donors (Lipinski definition) is 1. The molecule has 0 aromatic carbocycles. The third kappa shape index (κ3) is 1.41. The third-order valence-corrected chi connectivity index (χ3v) is 3.65. The average Bonchev–Trinajstić information content (AvgIpc) is 3.00. The van der Waals surface area contributed by atoms with Crippen molar-refractivity contribution in [3.63, 3.8) is 0 Å². The lowest BCUT2D eigenvalue weighted by molar-refractivity contribution is 0.112. The SMILES string of the molecule is NCC1CC2CC2N1c1cc(C=O)ccn1. The number of aldehydes is 1. The molecule has 2 heterocycles. The van der Waals surface area contributed by atoms with Crippen LogP contribution in [0.3, 0.4) is 0 Å². The minimum atomic E-state index is 0.401. The number of nitrogens with two attached hydrogens (primary N) is 1. The van der Waals surface area contributed by atoms with Crippen LogP contribution in [-0.2, 0) is 0 Å². The average molecular weight is 217 g/mol. The van der Waals surface area contributed by atoms with Crippen LogP contribution < -0.4 is 10.6 Å². The summed E-state index contributed by atoms with van der Waals surface area (Å²) >= 11 is 0. The third-order valence-electron chi connectivity index (χ3n) is 3.65. The molecule has 0 amide bonds. The molecule has 3 unspecified atom stereocenters. The van der Waals surface area contributed by atoms with Crippen molar-refractivity contribution >= 4 is 12.1 Å². The van der Waals surface area contributed by atoms with E-state index in [1.54, 1.807) is 12.3 Å². The van der Waals surface area contributed by atoms with Crippen molar-refractivity contribution in [2.75, 3.05) is 11.4 Å². The highest BCUT2D eigenvalue weighted by molar-refractivity contribution is 5.76.